The molecule has 2 N–H and O–H groups in total. The van der Waals surface area contributed by atoms with Crippen LogP contribution in [0.2, 0.25) is 10.0 Å². The van der Waals surface area contributed by atoms with E-state index in [0.717, 1.165) is 5.56 Å². The predicted octanol–water partition coefficient (Wildman–Crippen LogP) is 3.32. The van der Waals surface area contributed by atoms with E-state index in [9.17, 15) is 4.79 Å². The van der Waals surface area contributed by atoms with Crippen molar-refractivity contribution in [3.8, 4) is 0 Å². The summed E-state index contributed by atoms with van der Waals surface area (Å²) in [5.41, 5.74) is 0.929. The van der Waals surface area contributed by atoms with Gasteiger partial charge in [0.15, 0.2) is 5.96 Å². The minimum atomic E-state index is -0.0412. The van der Waals surface area contributed by atoms with Gasteiger partial charge in [0.2, 0.25) is 5.91 Å². The zero-order chi connectivity index (χ0) is 16.7. The highest BCUT2D eigenvalue weighted by Crippen LogP contribution is 2.25. The molecule has 5 nitrogen and oxygen atoms in total. The Morgan fingerprint density at radius 1 is 1.35 bits per heavy atom. The van der Waals surface area contributed by atoms with Gasteiger partial charge < -0.3 is 15.5 Å². The summed E-state index contributed by atoms with van der Waals surface area (Å²) in [6, 6.07) is 5.35. The number of hydrogen-bond acceptors (Lipinski definition) is 2. The number of benzene rings is 1. The van der Waals surface area contributed by atoms with E-state index in [4.69, 9.17) is 23.2 Å². The minimum Gasteiger partial charge on any atom is -0.356 e. The molecular weight excluding hydrogens is 450 g/mol. The van der Waals surface area contributed by atoms with E-state index in [1.54, 1.807) is 38.2 Å². The summed E-state index contributed by atoms with van der Waals surface area (Å²) < 4.78 is 0. The molecule has 0 aliphatic carbocycles. The quantitative estimate of drug-likeness (QED) is 0.392. The molecule has 0 saturated carbocycles. The molecule has 0 fully saturated rings. The molecule has 0 aliphatic heterocycles. The molecule has 0 spiro atoms. The van der Waals surface area contributed by atoms with E-state index in [1.807, 2.05) is 13.0 Å². The standard InChI is InChI=1S/C15H22Cl2N4O.HI/c1-10(12-6-5-11(16)9-13(12)17)20-15(18-2)19-8-7-14(22)21(3)4;/h5-6,9-10H,7-8H2,1-4H3,(H2,18,19,20);1H. The summed E-state index contributed by atoms with van der Waals surface area (Å²) in [7, 11) is 5.15. The van der Waals surface area contributed by atoms with Gasteiger partial charge in [0.1, 0.15) is 0 Å². The number of halogens is 3. The maximum atomic E-state index is 11.5. The summed E-state index contributed by atoms with van der Waals surface area (Å²) in [5, 5.41) is 7.55. The van der Waals surface area contributed by atoms with Crippen LogP contribution in [0.15, 0.2) is 23.2 Å². The summed E-state index contributed by atoms with van der Waals surface area (Å²) in [6.07, 6.45) is 0.407. The van der Waals surface area contributed by atoms with Crippen LogP contribution in [0.3, 0.4) is 0 Å². The van der Waals surface area contributed by atoms with Crippen LogP contribution in [0.5, 0.6) is 0 Å². The van der Waals surface area contributed by atoms with E-state index < -0.39 is 0 Å². The molecule has 8 heteroatoms. The summed E-state index contributed by atoms with van der Waals surface area (Å²) in [5.74, 6) is 0.682. The summed E-state index contributed by atoms with van der Waals surface area (Å²) >= 11 is 12.1. The first-order valence-electron chi connectivity index (χ1n) is 6.97. The number of aliphatic imine (C=N–C) groups is 1. The lowest BCUT2D eigenvalue weighted by molar-refractivity contribution is -0.128. The zero-order valence-corrected chi connectivity index (χ0v) is 17.5. The Balaban J connectivity index is 0.00000484. The van der Waals surface area contributed by atoms with Gasteiger partial charge in [-0.2, -0.15) is 0 Å². The van der Waals surface area contributed by atoms with Crippen molar-refractivity contribution >= 4 is 59.0 Å². The number of nitrogens with zero attached hydrogens (tertiary/aromatic N) is 2. The molecule has 1 aromatic rings. The molecule has 1 unspecified atom stereocenters. The Morgan fingerprint density at radius 3 is 2.52 bits per heavy atom. The summed E-state index contributed by atoms with van der Waals surface area (Å²) in [4.78, 5) is 17.2. The number of guanidine groups is 1. The van der Waals surface area contributed by atoms with Crippen LogP contribution in [-0.4, -0.2) is 44.5 Å². The van der Waals surface area contributed by atoms with Crippen molar-refractivity contribution in [1.29, 1.82) is 0 Å². The van der Waals surface area contributed by atoms with E-state index >= 15 is 0 Å². The van der Waals surface area contributed by atoms with E-state index in [1.165, 1.54) is 0 Å². The average Bonchev–Trinajstić information content (AvgIpc) is 2.45. The second-order valence-corrected chi connectivity index (χ2v) is 5.91. The van der Waals surface area contributed by atoms with Crippen LogP contribution in [0.25, 0.3) is 0 Å². The topological polar surface area (TPSA) is 56.7 Å². The number of carbonyl (C=O) groups excluding carboxylic acids is 1. The smallest absolute Gasteiger partial charge is 0.223 e. The number of rotatable bonds is 5. The van der Waals surface area contributed by atoms with Gasteiger partial charge in [-0.05, 0) is 24.6 Å². The minimum absolute atomic E-state index is 0. The number of carbonyl (C=O) groups is 1. The molecule has 0 bridgehead atoms. The molecule has 1 amide bonds. The Bertz CT molecular complexity index is 552. The lowest BCUT2D eigenvalue weighted by Gasteiger charge is -2.19. The molecule has 0 heterocycles. The zero-order valence-electron chi connectivity index (χ0n) is 13.7. The van der Waals surface area contributed by atoms with Gasteiger partial charge in [0.25, 0.3) is 0 Å². The molecule has 23 heavy (non-hydrogen) atoms. The lowest BCUT2D eigenvalue weighted by Crippen LogP contribution is -2.40. The van der Waals surface area contributed by atoms with Crippen molar-refractivity contribution < 1.29 is 4.79 Å². The number of amides is 1. The van der Waals surface area contributed by atoms with Crippen LogP contribution in [0, 0.1) is 0 Å². The fraction of sp³-hybridized carbons (Fsp3) is 0.467. The van der Waals surface area contributed by atoms with Crippen molar-refractivity contribution in [2.24, 2.45) is 4.99 Å². The molecule has 1 aromatic carbocycles. The van der Waals surface area contributed by atoms with Gasteiger partial charge in [-0.3, -0.25) is 9.79 Å². The molecular formula is C15H23Cl2IN4O. The average molecular weight is 473 g/mol. The molecule has 1 rings (SSSR count). The number of hydrogen-bond donors (Lipinski definition) is 2. The molecule has 0 aliphatic rings. The second kappa shape index (κ2) is 10.9. The molecule has 0 aromatic heterocycles. The van der Waals surface area contributed by atoms with Gasteiger partial charge >= 0.3 is 0 Å². The third-order valence-corrected chi connectivity index (χ3v) is 3.70. The second-order valence-electron chi connectivity index (χ2n) is 5.07. The SMILES string of the molecule is CN=C(NCCC(=O)N(C)C)NC(C)c1ccc(Cl)cc1Cl.I. The van der Waals surface area contributed by atoms with Crippen LogP contribution in [0.1, 0.15) is 24.9 Å². The molecule has 0 saturated heterocycles. The van der Waals surface area contributed by atoms with E-state index in [2.05, 4.69) is 15.6 Å². The van der Waals surface area contributed by atoms with Crippen molar-refractivity contribution in [3.05, 3.63) is 33.8 Å². The van der Waals surface area contributed by atoms with Gasteiger partial charge in [0.05, 0.1) is 6.04 Å². The number of nitrogens with one attached hydrogen (secondary N) is 2. The highest BCUT2D eigenvalue weighted by Gasteiger charge is 2.12. The molecule has 0 radical (unpaired) electrons. The molecule has 1 atom stereocenters. The first kappa shape index (κ1) is 22.3. The maximum absolute atomic E-state index is 11.5. The van der Waals surface area contributed by atoms with E-state index in [-0.39, 0.29) is 35.9 Å². The highest BCUT2D eigenvalue weighted by molar-refractivity contribution is 14.0. The van der Waals surface area contributed by atoms with Crippen LogP contribution >= 0.6 is 47.2 Å². The predicted molar refractivity (Wildman–Crippen MR) is 108 cm³/mol. The van der Waals surface area contributed by atoms with Gasteiger partial charge in [-0.1, -0.05) is 29.3 Å². The van der Waals surface area contributed by atoms with Crippen LogP contribution < -0.4 is 10.6 Å². The third-order valence-electron chi connectivity index (χ3n) is 3.14. The fourth-order valence-corrected chi connectivity index (χ4v) is 2.41. The van der Waals surface area contributed by atoms with Gasteiger partial charge in [-0.25, -0.2) is 0 Å². The third kappa shape index (κ3) is 7.58. The lowest BCUT2D eigenvalue weighted by atomic mass is 10.1. The van der Waals surface area contributed by atoms with Crippen molar-refractivity contribution in [2.75, 3.05) is 27.7 Å². The van der Waals surface area contributed by atoms with Crippen molar-refractivity contribution in [1.82, 2.24) is 15.5 Å². The van der Waals surface area contributed by atoms with Crippen molar-refractivity contribution in [3.63, 3.8) is 0 Å². The monoisotopic (exact) mass is 472 g/mol. The molecule has 130 valence electrons. The fourth-order valence-electron chi connectivity index (χ4n) is 1.84. The van der Waals surface area contributed by atoms with Crippen molar-refractivity contribution in [2.45, 2.75) is 19.4 Å². The highest BCUT2D eigenvalue weighted by atomic mass is 127. The van der Waals surface area contributed by atoms with Crippen LogP contribution in [-0.2, 0) is 4.79 Å². The Labute approximate surface area is 164 Å². The first-order valence-corrected chi connectivity index (χ1v) is 7.73. The van der Waals surface area contributed by atoms with Gasteiger partial charge in [0, 0.05) is 44.2 Å². The maximum Gasteiger partial charge on any atom is 0.223 e. The Morgan fingerprint density at radius 2 is 2.00 bits per heavy atom. The Kier molecular flexibility index (Phi) is 10.6. The normalized spacial score (nSPS) is 12.2. The van der Waals surface area contributed by atoms with Gasteiger partial charge in [-0.15, -0.1) is 24.0 Å². The Hall–Kier alpha value is -0.730. The van der Waals surface area contributed by atoms with Crippen LogP contribution in [0.4, 0.5) is 0 Å². The first-order chi connectivity index (χ1) is 10.3. The largest absolute Gasteiger partial charge is 0.356 e. The summed E-state index contributed by atoms with van der Waals surface area (Å²) in [6.45, 7) is 2.49. The van der Waals surface area contributed by atoms with E-state index in [0.29, 0.717) is 29.0 Å².